The monoisotopic (exact) mass is 665 g/mol. The summed E-state index contributed by atoms with van der Waals surface area (Å²) in [5, 5.41) is 25.8. The Hall–Kier alpha value is -2.68. The molecule has 0 saturated carbocycles. The molecule has 2 saturated heterocycles. The topological polar surface area (TPSA) is 131 Å². The van der Waals surface area contributed by atoms with Crippen molar-refractivity contribution in [3.05, 3.63) is 22.4 Å². The van der Waals surface area contributed by atoms with Crippen LogP contribution in [0.5, 0.6) is 0 Å². The van der Waals surface area contributed by atoms with E-state index in [1.165, 1.54) is 38.2 Å². The lowest BCUT2D eigenvalue weighted by molar-refractivity contribution is -0.193. The van der Waals surface area contributed by atoms with Crippen molar-refractivity contribution in [3.63, 3.8) is 0 Å². The number of alkyl halides is 9. The molecule has 2 aliphatic rings. The van der Waals surface area contributed by atoms with Gasteiger partial charge in [-0.3, -0.25) is 4.90 Å². The maximum absolute atomic E-state index is 10.6. The first-order valence-corrected chi connectivity index (χ1v) is 13.0. The summed E-state index contributed by atoms with van der Waals surface area (Å²) >= 11 is 1.80. The highest BCUT2D eigenvalue weighted by molar-refractivity contribution is 7.07. The fraction of sp³-hybridized carbons (Fsp3) is 0.696. The highest BCUT2D eigenvalue weighted by Crippen LogP contribution is 2.33. The molecule has 3 N–H and O–H groups in total. The first kappa shape index (κ1) is 40.3. The minimum atomic E-state index is -5.08. The average molecular weight is 666 g/mol. The summed E-state index contributed by atoms with van der Waals surface area (Å²) < 4.78 is 101. The van der Waals surface area contributed by atoms with Crippen LogP contribution in [0.15, 0.2) is 16.8 Å². The Morgan fingerprint density at radius 2 is 1.35 bits per heavy atom. The Bertz CT molecular complexity index is 933. The Labute approximate surface area is 244 Å². The Morgan fingerprint density at radius 3 is 1.74 bits per heavy atom. The second-order valence-corrected chi connectivity index (χ2v) is 10.4. The van der Waals surface area contributed by atoms with Crippen molar-refractivity contribution in [2.45, 2.75) is 31.5 Å². The summed E-state index contributed by atoms with van der Waals surface area (Å²) in [6.07, 6.45) is -14.0. The van der Waals surface area contributed by atoms with E-state index in [1.807, 2.05) is 0 Å². The minimum absolute atomic E-state index is 0.346. The molecular formula is C23H32F9N3O7S. The molecule has 1 aromatic heterocycles. The molecule has 0 amide bonds. The van der Waals surface area contributed by atoms with Crippen molar-refractivity contribution < 1.29 is 74.0 Å². The van der Waals surface area contributed by atoms with Gasteiger partial charge in [-0.25, -0.2) is 14.4 Å². The molecule has 2 aliphatic heterocycles. The third-order valence-electron chi connectivity index (χ3n) is 5.61. The van der Waals surface area contributed by atoms with Gasteiger partial charge in [0.1, 0.15) is 0 Å². The normalized spacial score (nSPS) is 19.7. The first-order valence-electron chi connectivity index (χ1n) is 12.1. The lowest BCUT2D eigenvalue weighted by Crippen LogP contribution is -2.41. The highest BCUT2D eigenvalue weighted by Gasteiger charge is 2.41. The number of likely N-dealkylation sites (tertiary alicyclic amines) is 1. The number of halogens is 9. The first-order chi connectivity index (χ1) is 19.5. The van der Waals surface area contributed by atoms with Crippen LogP contribution in [0.2, 0.25) is 0 Å². The summed E-state index contributed by atoms with van der Waals surface area (Å²) in [6.45, 7) is 9.89. The van der Waals surface area contributed by atoms with Crippen LogP contribution in [0.1, 0.15) is 12.0 Å². The maximum Gasteiger partial charge on any atom is 0.490 e. The molecule has 1 aromatic rings. The standard InChI is InChI=1S/C17H29N3OS.3C2HF3O2/c1-18(2)6-7-19-5-4-17(13-19)14-20(8-9-21-15-17)11-16-3-10-22-12-16;3*3-2(4,5)1(6)7/h3,10,12H,4-9,11,13-15H2,1-2H3;3*(H,6,7). The number of likely N-dealkylation sites (N-methyl/N-ethyl adjacent to an activating group) is 1. The van der Waals surface area contributed by atoms with Crippen LogP contribution in [-0.4, -0.2) is 133 Å². The van der Waals surface area contributed by atoms with Crippen molar-refractivity contribution >= 4 is 29.2 Å². The molecule has 43 heavy (non-hydrogen) atoms. The third kappa shape index (κ3) is 17.9. The number of hydrogen-bond acceptors (Lipinski definition) is 8. The SMILES string of the molecule is CN(C)CCN1CCC2(COCCN(Cc3ccsc3)C2)C1.O=C(O)C(F)(F)F.O=C(O)C(F)(F)F.O=C(O)C(F)(F)F. The van der Waals surface area contributed by atoms with Crippen molar-refractivity contribution in [2.24, 2.45) is 5.41 Å². The van der Waals surface area contributed by atoms with Crippen molar-refractivity contribution in [1.82, 2.24) is 14.7 Å². The number of rotatable bonds is 5. The summed E-state index contributed by atoms with van der Waals surface area (Å²) in [5.74, 6) is -8.27. The quantitative estimate of drug-likeness (QED) is 0.400. The van der Waals surface area contributed by atoms with Crippen LogP contribution in [0.3, 0.4) is 0 Å². The Morgan fingerprint density at radius 1 is 0.884 bits per heavy atom. The molecule has 0 aliphatic carbocycles. The van der Waals surface area contributed by atoms with Crippen LogP contribution in [0, 0.1) is 5.41 Å². The lowest BCUT2D eigenvalue weighted by Gasteiger charge is -2.32. The van der Waals surface area contributed by atoms with Crippen LogP contribution >= 0.6 is 11.3 Å². The molecule has 10 nitrogen and oxygen atoms in total. The molecule has 1 unspecified atom stereocenters. The number of nitrogens with zero attached hydrogens (tertiary/aromatic N) is 3. The number of thiophene rings is 1. The zero-order valence-electron chi connectivity index (χ0n) is 22.9. The van der Waals surface area contributed by atoms with Gasteiger partial charge in [0, 0.05) is 44.7 Å². The fourth-order valence-electron chi connectivity index (χ4n) is 3.66. The van der Waals surface area contributed by atoms with E-state index in [9.17, 15) is 39.5 Å². The summed E-state index contributed by atoms with van der Waals surface area (Å²) in [6, 6.07) is 2.25. The van der Waals surface area contributed by atoms with Crippen LogP contribution in [0.4, 0.5) is 39.5 Å². The molecule has 3 rings (SSSR count). The van der Waals surface area contributed by atoms with E-state index in [0.29, 0.717) is 5.41 Å². The Balaban J connectivity index is 0.000000690. The zero-order valence-corrected chi connectivity index (χ0v) is 23.7. The van der Waals surface area contributed by atoms with Crippen LogP contribution in [-0.2, 0) is 25.7 Å². The number of carboxylic acid groups (broad SMARTS) is 3. The maximum atomic E-state index is 10.6. The molecule has 3 heterocycles. The van der Waals surface area contributed by atoms with E-state index in [4.69, 9.17) is 34.4 Å². The van der Waals surface area contributed by atoms with Gasteiger partial charge in [-0.2, -0.15) is 50.9 Å². The molecule has 0 radical (unpaired) electrons. The van der Waals surface area contributed by atoms with Gasteiger partial charge in [-0.05, 0) is 49.5 Å². The predicted molar refractivity (Wildman–Crippen MR) is 134 cm³/mol. The van der Waals surface area contributed by atoms with E-state index >= 15 is 0 Å². The number of ether oxygens (including phenoxy) is 1. The minimum Gasteiger partial charge on any atom is -0.475 e. The van der Waals surface area contributed by atoms with Crippen molar-refractivity contribution in [3.8, 4) is 0 Å². The third-order valence-corrected chi connectivity index (χ3v) is 6.35. The van der Waals surface area contributed by atoms with Crippen LogP contribution < -0.4 is 0 Å². The second-order valence-electron chi connectivity index (χ2n) is 9.63. The lowest BCUT2D eigenvalue weighted by atomic mass is 9.87. The van der Waals surface area contributed by atoms with Crippen LogP contribution in [0.25, 0.3) is 0 Å². The summed E-state index contributed by atoms with van der Waals surface area (Å²) in [7, 11) is 4.31. The van der Waals surface area contributed by atoms with Gasteiger partial charge < -0.3 is 29.9 Å². The number of hydrogen-bond donors (Lipinski definition) is 3. The highest BCUT2D eigenvalue weighted by atomic mass is 32.1. The largest absolute Gasteiger partial charge is 0.490 e. The molecule has 20 heteroatoms. The molecular weight excluding hydrogens is 633 g/mol. The van der Waals surface area contributed by atoms with Gasteiger partial charge in [0.2, 0.25) is 0 Å². The van der Waals surface area contributed by atoms with Gasteiger partial charge >= 0.3 is 36.4 Å². The summed E-state index contributed by atoms with van der Waals surface area (Å²) in [4.78, 5) is 34.2. The molecule has 1 atom stereocenters. The molecule has 1 spiro atoms. The number of carboxylic acids is 3. The van der Waals surface area contributed by atoms with Crippen molar-refractivity contribution in [1.29, 1.82) is 0 Å². The zero-order chi connectivity index (χ0) is 33.6. The molecule has 250 valence electrons. The van der Waals surface area contributed by atoms with Gasteiger partial charge in [0.25, 0.3) is 0 Å². The van der Waals surface area contributed by atoms with E-state index in [-0.39, 0.29) is 0 Å². The fourth-order valence-corrected chi connectivity index (χ4v) is 4.32. The molecule has 0 bridgehead atoms. The van der Waals surface area contributed by atoms with Gasteiger partial charge in [0.05, 0.1) is 13.2 Å². The van der Waals surface area contributed by atoms with E-state index < -0.39 is 36.4 Å². The van der Waals surface area contributed by atoms with Gasteiger partial charge in [-0.1, -0.05) is 0 Å². The van der Waals surface area contributed by atoms with Gasteiger partial charge in [0.15, 0.2) is 0 Å². The second kappa shape index (κ2) is 17.6. The Kier molecular flexibility index (Phi) is 16.5. The average Bonchev–Trinajstić information content (AvgIpc) is 3.45. The van der Waals surface area contributed by atoms with Crippen molar-refractivity contribution in [2.75, 3.05) is 66.6 Å². The predicted octanol–water partition coefficient (Wildman–Crippen LogP) is 3.73. The molecule has 0 aromatic carbocycles. The van der Waals surface area contributed by atoms with Gasteiger partial charge in [-0.15, -0.1) is 0 Å². The van der Waals surface area contributed by atoms with E-state index in [2.05, 4.69) is 45.6 Å². The van der Waals surface area contributed by atoms with E-state index in [1.54, 1.807) is 11.3 Å². The molecule has 2 fully saturated rings. The smallest absolute Gasteiger partial charge is 0.475 e. The summed E-state index contributed by atoms with van der Waals surface area (Å²) in [5.41, 5.74) is 1.79. The number of aliphatic carboxylic acids is 3. The van der Waals surface area contributed by atoms with E-state index in [0.717, 1.165) is 32.8 Å². The number of carbonyl (C=O) groups is 3.